The van der Waals surface area contributed by atoms with E-state index in [1.54, 1.807) is 0 Å². The molecule has 8 heteroatoms. The van der Waals surface area contributed by atoms with Crippen LogP contribution in [0.25, 0.3) is 0 Å². The van der Waals surface area contributed by atoms with Crippen LogP contribution in [0.4, 0.5) is 0 Å². The van der Waals surface area contributed by atoms with E-state index in [2.05, 4.69) is 17.2 Å². The molecule has 0 saturated carbocycles. The number of hydrogen-bond acceptors (Lipinski definition) is 6. The van der Waals surface area contributed by atoms with E-state index in [1.807, 2.05) is 20.8 Å². The number of carbonyl (C=O) groups is 3. The van der Waals surface area contributed by atoms with Crippen molar-refractivity contribution in [2.24, 2.45) is 5.41 Å². The molecule has 0 atom stereocenters. The molecule has 29 heavy (non-hydrogen) atoms. The van der Waals surface area contributed by atoms with Gasteiger partial charge in [0.1, 0.15) is 0 Å². The van der Waals surface area contributed by atoms with Crippen LogP contribution < -0.4 is 10.6 Å². The van der Waals surface area contributed by atoms with Crippen LogP contribution in [-0.4, -0.2) is 63.9 Å². The summed E-state index contributed by atoms with van der Waals surface area (Å²) in [5.41, 5.74) is -0.325. The number of ether oxygens (including phenoxy) is 3. The topological polar surface area (TPSA) is 103 Å². The monoisotopic (exact) mass is 414 g/mol. The van der Waals surface area contributed by atoms with Crippen molar-refractivity contribution in [3.05, 3.63) is 12.7 Å². The van der Waals surface area contributed by atoms with E-state index < -0.39 is 5.97 Å². The van der Waals surface area contributed by atoms with E-state index >= 15 is 0 Å². The molecule has 0 heterocycles. The zero-order valence-corrected chi connectivity index (χ0v) is 18.2. The summed E-state index contributed by atoms with van der Waals surface area (Å²) in [4.78, 5) is 34.3. The van der Waals surface area contributed by atoms with E-state index in [4.69, 9.17) is 14.2 Å². The van der Waals surface area contributed by atoms with Gasteiger partial charge in [-0.3, -0.25) is 9.59 Å². The van der Waals surface area contributed by atoms with Gasteiger partial charge in [0.25, 0.3) is 0 Å². The molecule has 0 aliphatic rings. The number of amides is 2. The molecule has 168 valence electrons. The Morgan fingerprint density at radius 2 is 1.48 bits per heavy atom. The first-order chi connectivity index (χ1) is 13.8. The van der Waals surface area contributed by atoms with Crippen LogP contribution in [0, 0.1) is 5.41 Å². The first-order valence-electron chi connectivity index (χ1n) is 10.3. The molecule has 0 saturated heterocycles. The lowest BCUT2D eigenvalue weighted by Gasteiger charge is -2.21. The Bertz CT molecular complexity index is 494. The minimum Gasteiger partial charge on any atom is -0.463 e. The molecule has 0 rings (SSSR count). The SMILES string of the molecule is C=CC(=O)OCCCC(=O)NCCCOCCOCCCNC(=O)C(C)(C)CC. The minimum absolute atomic E-state index is 0.0719. The summed E-state index contributed by atoms with van der Waals surface area (Å²) in [6.07, 6.45) is 4.19. The normalized spacial score (nSPS) is 11.0. The lowest BCUT2D eigenvalue weighted by Crippen LogP contribution is -2.37. The fourth-order valence-electron chi connectivity index (χ4n) is 2.05. The molecule has 0 aromatic rings. The molecule has 0 fully saturated rings. The van der Waals surface area contributed by atoms with Gasteiger partial charge in [-0.05, 0) is 25.7 Å². The van der Waals surface area contributed by atoms with Crippen molar-refractivity contribution in [1.29, 1.82) is 0 Å². The quantitative estimate of drug-likeness (QED) is 0.202. The standard InChI is InChI=1S/C21H38N2O6/c1-5-19(25)29-15-7-10-18(24)22-11-8-13-27-16-17-28-14-9-12-23-20(26)21(3,4)6-2/h5H,1,6-17H2,2-4H3,(H,22,24)(H,23,26). The van der Waals surface area contributed by atoms with Gasteiger partial charge in [0, 0.05) is 44.2 Å². The molecule has 0 bridgehead atoms. The summed E-state index contributed by atoms with van der Waals surface area (Å²) >= 11 is 0. The maximum atomic E-state index is 11.9. The molecule has 2 N–H and O–H groups in total. The Kier molecular flexibility index (Phi) is 15.8. The summed E-state index contributed by atoms with van der Waals surface area (Å²) < 4.78 is 15.7. The van der Waals surface area contributed by atoms with Gasteiger partial charge < -0.3 is 24.8 Å². The molecule has 0 aromatic carbocycles. The Morgan fingerprint density at radius 1 is 0.897 bits per heavy atom. The summed E-state index contributed by atoms with van der Waals surface area (Å²) in [6, 6.07) is 0. The third-order valence-electron chi connectivity index (χ3n) is 4.37. The third-order valence-corrected chi connectivity index (χ3v) is 4.37. The Balaban J connectivity index is 3.35. The highest BCUT2D eigenvalue weighted by molar-refractivity contribution is 5.81. The maximum Gasteiger partial charge on any atom is 0.330 e. The van der Waals surface area contributed by atoms with E-state index in [9.17, 15) is 14.4 Å². The highest BCUT2D eigenvalue weighted by Gasteiger charge is 2.24. The highest BCUT2D eigenvalue weighted by atomic mass is 16.5. The zero-order valence-electron chi connectivity index (χ0n) is 18.2. The molecule has 0 aromatic heterocycles. The van der Waals surface area contributed by atoms with Gasteiger partial charge >= 0.3 is 5.97 Å². The fourth-order valence-corrected chi connectivity index (χ4v) is 2.05. The Hall–Kier alpha value is -1.93. The van der Waals surface area contributed by atoms with E-state index in [-0.39, 0.29) is 23.8 Å². The largest absolute Gasteiger partial charge is 0.463 e. The van der Waals surface area contributed by atoms with Crippen LogP contribution in [0.1, 0.15) is 52.9 Å². The zero-order chi connectivity index (χ0) is 22.0. The lowest BCUT2D eigenvalue weighted by atomic mass is 9.89. The van der Waals surface area contributed by atoms with Crippen molar-refractivity contribution in [2.75, 3.05) is 46.1 Å². The summed E-state index contributed by atoms with van der Waals surface area (Å²) in [7, 11) is 0. The second kappa shape index (κ2) is 17.0. The van der Waals surface area contributed by atoms with Gasteiger partial charge in [-0.25, -0.2) is 4.79 Å². The van der Waals surface area contributed by atoms with Crippen LogP contribution in [0.3, 0.4) is 0 Å². The second-order valence-electron chi connectivity index (χ2n) is 7.25. The number of carbonyl (C=O) groups excluding carboxylic acids is 3. The van der Waals surface area contributed by atoms with Crippen LogP contribution in [-0.2, 0) is 28.6 Å². The van der Waals surface area contributed by atoms with E-state index in [0.717, 1.165) is 25.3 Å². The predicted molar refractivity (Wildman–Crippen MR) is 111 cm³/mol. The summed E-state index contributed by atoms with van der Waals surface area (Å²) in [5, 5.41) is 5.71. The number of nitrogens with one attached hydrogen (secondary N) is 2. The van der Waals surface area contributed by atoms with E-state index in [0.29, 0.717) is 52.4 Å². The molecule has 2 amide bonds. The number of esters is 1. The summed E-state index contributed by atoms with van der Waals surface area (Å²) in [5.74, 6) is -0.474. The molecule has 0 aliphatic heterocycles. The Morgan fingerprint density at radius 3 is 2.03 bits per heavy atom. The van der Waals surface area contributed by atoms with Crippen LogP contribution >= 0.6 is 0 Å². The van der Waals surface area contributed by atoms with Crippen LogP contribution in [0.15, 0.2) is 12.7 Å². The third kappa shape index (κ3) is 15.6. The average molecular weight is 415 g/mol. The highest BCUT2D eigenvalue weighted by Crippen LogP contribution is 2.19. The van der Waals surface area contributed by atoms with E-state index in [1.165, 1.54) is 0 Å². The maximum absolute atomic E-state index is 11.9. The Labute approximate surface area is 174 Å². The second-order valence-corrected chi connectivity index (χ2v) is 7.25. The molecule has 0 radical (unpaired) electrons. The van der Waals surface area contributed by atoms with Crippen molar-refractivity contribution >= 4 is 17.8 Å². The molecule has 8 nitrogen and oxygen atoms in total. The van der Waals surface area contributed by atoms with Gasteiger partial charge in [0.2, 0.25) is 11.8 Å². The predicted octanol–water partition coefficient (Wildman–Crippen LogP) is 1.98. The molecule has 0 aliphatic carbocycles. The van der Waals surface area contributed by atoms with Gasteiger partial charge in [0.15, 0.2) is 0 Å². The molecule has 0 spiro atoms. The van der Waals surface area contributed by atoms with Crippen molar-refractivity contribution < 1.29 is 28.6 Å². The first kappa shape index (κ1) is 27.1. The molecular weight excluding hydrogens is 376 g/mol. The summed E-state index contributed by atoms with van der Waals surface area (Å²) in [6.45, 7) is 12.7. The number of hydrogen-bond donors (Lipinski definition) is 2. The van der Waals surface area contributed by atoms with Crippen molar-refractivity contribution in [1.82, 2.24) is 10.6 Å². The van der Waals surface area contributed by atoms with Crippen molar-refractivity contribution in [3.63, 3.8) is 0 Å². The van der Waals surface area contributed by atoms with Gasteiger partial charge in [-0.2, -0.15) is 0 Å². The lowest BCUT2D eigenvalue weighted by molar-refractivity contribution is -0.138. The van der Waals surface area contributed by atoms with Crippen LogP contribution in [0.2, 0.25) is 0 Å². The van der Waals surface area contributed by atoms with Gasteiger partial charge in [-0.15, -0.1) is 0 Å². The smallest absolute Gasteiger partial charge is 0.330 e. The van der Waals surface area contributed by atoms with Gasteiger partial charge in [0.05, 0.1) is 19.8 Å². The van der Waals surface area contributed by atoms with Gasteiger partial charge in [-0.1, -0.05) is 27.4 Å². The molecule has 0 unspecified atom stereocenters. The van der Waals surface area contributed by atoms with Crippen molar-refractivity contribution in [3.8, 4) is 0 Å². The van der Waals surface area contributed by atoms with Crippen molar-refractivity contribution in [2.45, 2.75) is 52.9 Å². The minimum atomic E-state index is -0.477. The number of rotatable bonds is 18. The first-order valence-corrected chi connectivity index (χ1v) is 10.3. The fraction of sp³-hybridized carbons (Fsp3) is 0.762. The average Bonchev–Trinajstić information content (AvgIpc) is 2.71. The molecular formula is C21H38N2O6. The van der Waals surface area contributed by atoms with Crippen LogP contribution in [0.5, 0.6) is 0 Å².